The van der Waals surface area contributed by atoms with E-state index in [1.807, 2.05) is 0 Å². The number of carbonyl (C=O) groups is 2. The first-order valence-electron chi connectivity index (χ1n) is 7.47. The summed E-state index contributed by atoms with van der Waals surface area (Å²) in [5.41, 5.74) is 1.36. The van der Waals surface area contributed by atoms with Gasteiger partial charge in [0.2, 0.25) is 5.91 Å². The Bertz CT molecular complexity index is 682. The molecular weight excluding hydrogens is 297 g/mol. The van der Waals surface area contributed by atoms with E-state index in [2.05, 4.69) is 10.6 Å². The lowest BCUT2D eigenvalue weighted by Crippen LogP contribution is -2.35. The van der Waals surface area contributed by atoms with Gasteiger partial charge in [-0.05, 0) is 36.2 Å². The van der Waals surface area contributed by atoms with Crippen LogP contribution >= 0.6 is 0 Å². The second kappa shape index (κ2) is 8.12. The second-order valence-corrected chi connectivity index (χ2v) is 5.24. The van der Waals surface area contributed by atoms with Gasteiger partial charge in [-0.1, -0.05) is 12.1 Å². The molecule has 0 aliphatic carbocycles. The Labute approximate surface area is 134 Å². The lowest BCUT2D eigenvalue weighted by molar-refractivity contribution is -0.121. The van der Waals surface area contributed by atoms with E-state index in [0.717, 1.165) is 5.56 Å². The monoisotopic (exact) mass is 317 g/mol. The molecule has 0 aliphatic rings. The molecule has 5 nitrogen and oxygen atoms in total. The Balaban J connectivity index is 1.63. The maximum Gasteiger partial charge on any atom is 0.267 e. The number of carbonyl (C=O) groups excluding carboxylic acids is 2. The minimum absolute atomic E-state index is 0.123. The number of benzene rings is 1. The molecule has 2 rings (SSSR count). The maximum absolute atomic E-state index is 13.0. The zero-order chi connectivity index (χ0) is 16.7. The fraction of sp³-hybridized carbons (Fsp3) is 0.294. The summed E-state index contributed by atoms with van der Waals surface area (Å²) in [6.45, 7) is 0.716. The number of rotatable bonds is 7. The van der Waals surface area contributed by atoms with Crippen molar-refractivity contribution in [3.05, 3.63) is 59.7 Å². The van der Waals surface area contributed by atoms with Crippen LogP contribution in [0.15, 0.2) is 42.6 Å². The van der Waals surface area contributed by atoms with Crippen molar-refractivity contribution in [2.45, 2.75) is 12.8 Å². The van der Waals surface area contributed by atoms with E-state index in [0.29, 0.717) is 25.2 Å². The van der Waals surface area contributed by atoms with E-state index in [-0.39, 0.29) is 24.1 Å². The number of aryl methyl sites for hydroxylation is 2. The van der Waals surface area contributed by atoms with Crippen LogP contribution in [0.2, 0.25) is 0 Å². The fourth-order valence-electron chi connectivity index (χ4n) is 2.20. The molecule has 0 aliphatic heterocycles. The highest BCUT2D eigenvalue weighted by Crippen LogP contribution is 2.05. The Morgan fingerprint density at radius 2 is 1.91 bits per heavy atom. The highest BCUT2D eigenvalue weighted by atomic mass is 19.1. The molecule has 0 atom stereocenters. The highest BCUT2D eigenvalue weighted by Gasteiger charge is 2.08. The van der Waals surface area contributed by atoms with Gasteiger partial charge in [0.25, 0.3) is 5.91 Å². The van der Waals surface area contributed by atoms with Gasteiger partial charge in [-0.15, -0.1) is 0 Å². The van der Waals surface area contributed by atoms with Crippen LogP contribution in [-0.4, -0.2) is 29.5 Å². The zero-order valence-corrected chi connectivity index (χ0v) is 13.0. The maximum atomic E-state index is 13.0. The molecule has 0 unspecified atom stereocenters. The standard InChI is InChI=1S/C17H20FN3O2/c1-21-11-3-6-15(21)17(23)20-10-9-19-16(22)8-7-13-4-2-5-14(18)12-13/h2-6,11-12H,7-10H2,1H3,(H,19,22)(H,20,23). The van der Waals surface area contributed by atoms with Gasteiger partial charge in [-0.2, -0.15) is 0 Å². The molecule has 1 aromatic carbocycles. The molecule has 2 N–H and O–H groups in total. The van der Waals surface area contributed by atoms with Crippen molar-refractivity contribution >= 4 is 11.8 Å². The van der Waals surface area contributed by atoms with Gasteiger partial charge in [0.05, 0.1) is 0 Å². The molecule has 1 heterocycles. The normalized spacial score (nSPS) is 10.3. The van der Waals surface area contributed by atoms with E-state index < -0.39 is 0 Å². The summed E-state index contributed by atoms with van der Waals surface area (Å²) < 4.78 is 14.7. The van der Waals surface area contributed by atoms with Gasteiger partial charge >= 0.3 is 0 Å². The van der Waals surface area contributed by atoms with Crippen molar-refractivity contribution in [1.82, 2.24) is 15.2 Å². The Morgan fingerprint density at radius 1 is 1.13 bits per heavy atom. The molecule has 23 heavy (non-hydrogen) atoms. The van der Waals surface area contributed by atoms with Crippen molar-refractivity contribution in [2.75, 3.05) is 13.1 Å². The molecule has 0 bridgehead atoms. The molecule has 0 radical (unpaired) electrons. The molecule has 6 heteroatoms. The Hall–Kier alpha value is -2.63. The second-order valence-electron chi connectivity index (χ2n) is 5.24. The minimum Gasteiger partial charge on any atom is -0.354 e. The van der Waals surface area contributed by atoms with Crippen LogP contribution in [0.5, 0.6) is 0 Å². The van der Waals surface area contributed by atoms with Gasteiger partial charge in [0, 0.05) is 32.8 Å². The summed E-state index contributed by atoms with van der Waals surface area (Å²) in [4.78, 5) is 23.5. The van der Waals surface area contributed by atoms with Crippen molar-refractivity contribution in [3.8, 4) is 0 Å². The van der Waals surface area contributed by atoms with Crippen LogP contribution in [-0.2, 0) is 18.3 Å². The lowest BCUT2D eigenvalue weighted by atomic mass is 10.1. The SMILES string of the molecule is Cn1cccc1C(=O)NCCNC(=O)CCc1cccc(F)c1. The third-order valence-electron chi connectivity index (χ3n) is 3.44. The third kappa shape index (κ3) is 5.25. The third-order valence-corrected chi connectivity index (χ3v) is 3.44. The summed E-state index contributed by atoms with van der Waals surface area (Å²) in [5, 5.41) is 5.47. The predicted octanol–water partition coefficient (Wildman–Crippen LogP) is 1.64. The van der Waals surface area contributed by atoms with Gasteiger partial charge in [0.1, 0.15) is 11.5 Å². The highest BCUT2D eigenvalue weighted by molar-refractivity contribution is 5.92. The molecule has 0 saturated carbocycles. The van der Waals surface area contributed by atoms with E-state index in [1.54, 1.807) is 42.1 Å². The number of hydrogen-bond acceptors (Lipinski definition) is 2. The van der Waals surface area contributed by atoms with Gasteiger partial charge in [-0.25, -0.2) is 4.39 Å². The van der Waals surface area contributed by atoms with Crippen molar-refractivity contribution in [2.24, 2.45) is 7.05 Å². The first kappa shape index (κ1) is 16.7. The van der Waals surface area contributed by atoms with Gasteiger partial charge in [-0.3, -0.25) is 9.59 Å². The smallest absolute Gasteiger partial charge is 0.267 e. The van der Waals surface area contributed by atoms with Crippen molar-refractivity contribution in [1.29, 1.82) is 0 Å². The quantitative estimate of drug-likeness (QED) is 0.763. The van der Waals surface area contributed by atoms with Crippen LogP contribution in [0, 0.1) is 5.82 Å². The van der Waals surface area contributed by atoms with Crippen LogP contribution < -0.4 is 10.6 Å². The fourth-order valence-corrected chi connectivity index (χ4v) is 2.20. The van der Waals surface area contributed by atoms with Crippen LogP contribution in [0.3, 0.4) is 0 Å². The van der Waals surface area contributed by atoms with E-state index in [9.17, 15) is 14.0 Å². The summed E-state index contributed by atoms with van der Waals surface area (Å²) in [7, 11) is 1.79. The number of aromatic nitrogens is 1. The number of nitrogens with zero attached hydrogens (tertiary/aromatic N) is 1. The average Bonchev–Trinajstić information content (AvgIpc) is 2.95. The van der Waals surface area contributed by atoms with Crippen molar-refractivity contribution in [3.63, 3.8) is 0 Å². The van der Waals surface area contributed by atoms with Crippen LogP contribution in [0.25, 0.3) is 0 Å². The summed E-state index contributed by atoms with van der Waals surface area (Å²) in [5.74, 6) is -0.597. The van der Waals surface area contributed by atoms with Gasteiger partial charge in [0.15, 0.2) is 0 Å². The summed E-state index contributed by atoms with van der Waals surface area (Å²) in [6, 6.07) is 9.74. The topological polar surface area (TPSA) is 63.1 Å². The molecule has 0 spiro atoms. The summed E-state index contributed by atoms with van der Waals surface area (Å²) >= 11 is 0. The average molecular weight is 317 g/mol. The van der Waals surface area contributed by atoms with E-state index in [1.165, 1.54) is 12.1 Å². The summed E-state index contributed by atoms with van der Waals surface area (Å²) in [6.07, 6.45) is 2.57. The van der Waals surface area contributed by atoms with Crippen LogP contribution in [0.1, 0.15) is 22.5 Å². The lowest BCUT2D eigenvalue weighted by Gasteiger charge is -2.08. The molecule has 2 amide bonds. The molecule has 122 valence electrons. The number of halogens is 1. The van der Waals surface area contributed by atoms with Gasteiger partial charge < -0.3 is 15.2 Å². The van der Waals surface area contributed by atoms with E-state index >= 15 is 0 Å². The zero-order valence-electron chi connectivity index (χ0n) is 13.0. The largest absolute Gasteiger partial charge is 0.354 e. The number of amides is 2. The molecule has 1 aromatic heterocycles. The Kier molecular flexibility index (Phi) is 5.91. The molecule has 2 aromatic rings. The van der Waals surface area contributed by atoms with E-state index in [4.69, 9.17) is 0 Å². The van der Waals surface area contributed by atoms with Crippen LogP contribution in [0.4, 0.5) is 4.39 Å². The first-order chi connectivity index (χ1) is 11.1. The molecular formula is C17H20FN3O2. The first-order valence-corrected chi connectivity index (χ1v) is 7.47. The van der Waals surface area contributed by atoms with Crippen molar-refractivity contribution < 1.29 is 14.0 Å². The molecule has 0 fully saturated rings. The minimum atomic E-state index is -0.300. The number of nitrogens with one attached hydrogen (secondary N) is 2. The Morgan fingerprint density at radius 3 is 2.61 bits per heavy atom. The predicted molar refractivity (Wildman–Crippen MR) is 85.5 cm³/mol. The molecule has 0 saturated heterocycles. The number of hydrogen-bond donors (Lipinski definition) is 2.